The summed E-state index contributed by atoms with van der Waals surface area (Å²) in [5.41, 5.74) is 2.30. The van der Waals surface area contributed by atoms with E-state index in [1.807, 2.05) is 40.1 Å². The number of carbonyl (C=O) groups is 2. The third-order valence-electron chi connectivity index (χ3n) is 7.22. The van der Waals surface area contributed by atoms with E-state index in [1.165, 1.54) is 37.5 Å². The Morgan fingerprint density at radius 2 is 1.72 bits per heavy atom. The fourth-order valence-corrected chi connectivity index (χ4v) is 5.31. The Morgan fingerprint density at radius 3 is 2.44 bits per heavy atom. The van der Waals surface area contributed by atoms with Crippen molar-refractivity contribution in [3.05, 3.63) is 65.5 Å². The summed E-state index contributed by atoms with van der Waals surface area (Å²) < 4.78 is 14.1. The summed E-state index contributed by atoms with van der Waals surface area (Å²) in [4.78, 5) is 36.5. The molecule has 7 nitrogen and oxygen atoms in total. The number of carboxylic acid groups (broad SMARTS) is 1. The third kappa shape index (κ3) is 5.24. The Balaban J connectivity index is 1.41. The van der Waals surface area contributed by atoms with Gasteiger partial charge in [0, 0.05) is 49.2 Å². The minimum absolute atomic E-state index is 0.0401. The van der Waals surface area contributed by atoms with Gasteiger partial charge in [0.2, 0.25) is 5.91 Å². The number of amides is 1. The molecule has 3 aromatic rings. The molecule has 2 aliphatic heterocycles. The van der Waals surface area contributed by atoms with E-state index in [9.17, 15) is 19.1 Å². The lowest BCUT2D eigenvalue weighted by Crippen LogP contribution is -2.52. The van der Waals surface area contributed by atoms with E-state index in [-0.39, 0.29) is 29.9 Å². The Hall–Kier alpha value is -3.36. The van der Waals surface area contributed by atoms with Crippen LogP contribution >= 0.6 is 0 Å². The summed E-state index contributed by atoms with van der Waals surface area (Å²) in [6.45, 7) is 5.53. The van der Waals surface area contributed by atoms with E-state index in [0.29, 0.717) is 29.9 Å². The Labute approximate surface area is 210 Å². The predicted molar refractivity (Wildman–Crippen MR) is 136 cm³/mol. The summed E-state index contributed by atoms with van der Waals surface area (Å²) in [5, 5.41) is 10.5. The first-order chi connectivity index (χ1) is 17.5. The van der Waals surface area contributed by atoms with Gasteiger partial charge in [-0.15, -0.1) is 0 Å². The SMILES string of the molecule is O=C(O)c1c(CN2CCN(CCN3CCCCC3)C(=O)C2)c(-c2ccccc2)nc2ccc(F)cc12. The quantitative estimate of drug-likeness (QED) is 0.542. The van der Waals surface area contributed by atoms with Gasteiger partial charge >= 0.3 is 5.97 Å². The fraction of sp³-hybridized carbons (Fsp3) is 0.393. The number of likely N-dealkylation sites (tertiary alicyclic amines) is 1. The zero-order chi connectivity index (χ0) is 25.1. The second kappa shape index (κ2) is 10.7. The van der Waals surface area contributed by atoms with Crippen molar-refractivity contribution < 1.29 is 19.1 Å². The molecule has 2 saturated heterocycles. The van der Waals surface area contributed by atoms with E-state index in [0.717, 1.165) is 31.7 Å². The van der Waals surface area contributed by atoms with Gasteiger partial charge in [-0.25, -0.2) is 14.2 Å². The first kappa shape index (κ1) is 24.3. The number of halogens is 1. The van der Waals surface area contributed by atoms with Gasteiger partial charge < -0.3 is 14.9 Å². The molecule has 1 N–H and O–H groups in total. The first-order valence-corrected chi connectivity index (χ1v) is 12.6. The monoisotopic (exact) mass is 490 g/mol. The number of carbonyl (C=O) groups excluding carboxylic acids is 1. The Morgan fingerprint density at radius 1 is 0.944 bits per heavy atom. The Bertz CT molecular complexity index is 1260. The number of hydrogen-bond acceptors (Lipinski definition) is 5. The summed E-state index contributed by atoms with van der Waals surface area (Å²) in [7, 11) is 0. The van der Waals surface area contributed by atoms with Crippen molar-refractivity contribution in [2.24, 2.45) is 0 Å². The molecule has 8 heteroatoms. The molecule has 188 valence electrons. The predicted octanol–water partition coefficient (Wildman–Crippen LogP) is 3.87. The molecule has 0 radical (unpaired) electrons. The minimum atomic E-state index is -1.13. The van der Waals surface area contributed by atoms with Gasteiger partial charge in [-0.2, -0.15) is 0 Å². The van der Waals surface area contributed by atoms with Gasteiger partial charge in [0.15, 0.2) is 0 Å². The lowest BCUT2D eigenvalue weighted by molar-refractivity contribution is -0.136. The van der Waals surface area contributed by atoms with Gasteiger partial charge in [-0.1, -0.05) is 36.8 Å². The van der Waals surface area contributed by atoms with E-state index in [1.54, 1.807) is 0 Å². The highest BCUT2D eigenvalue weighted by molar-refractivity contribution is 6.05. The van der Waals surface area contributed by atoms with Gasteiger partial charge in [0.05, 0.1) is 23.3 Å². The molecule has 2 aromatic carbocycles. The maximum absolute atomic E-state index is 14.1. The zero-order valence-corrected chi connectivity index (χ0v) is 20.3. The van der Waals surface area contributed by atoms with Crippen LogP contribution in [0.2, 0.25) is 0 Å². The van der Waals surface area contributed by atoms with Crippen LogP contribution in [0.15, 0.2) is 48.5 Å². The first-order valence-electron chi connectivity index (χ1n) is 12.6. The van der Waals surface area contributed by atoms with E-state index < -0.39 is 11.8 Å². The number of aromatic carboxylic acids is 1. The second-order valence-electron chi connectivity index (χ2n) is 9.64. The lowest BCUT2D eigenvalue weighted by Gasteiger charge is -2.36. The molecule has 36 heavy (non-hydrogen) atoms. The number of aromatic nitrogens is 1. The molecule has 0 unspecified atom stereocenters. The van der Waals surface area contributed by atoms with E-state index in [4.69, 9.17) is 4.98 Å². The topological polar surface area (TPSA) is 77.0 Å². The maximum Gasteiger partial charge on any atom is 0.336 e. The normalized spacial score (nSPS) is 17.6. The van der Waals surface area contributed by atoms with Crippen LogP contribution in [-0.4, -0.2) is 82.5 Å². The van der Waals surface area contributed by atoms with Crippen LogP contribution < -0.4 is 0 Å². The highest BCUT2D eigenvalue weighted by Crippen LogP contribution is 2.32. The molecule has 0 aliphatic carbocycles. The standard InChI is InChI=1S/C28H31FN4O3/c29-21-9-10-24-22(17-21)26(28(35)36)23(27(30-24)20-7-3-1-4-8-20)18-32-14-16-33(25(34)19-32)15-13-31-11-5-2-6-12-31/h1,3-4,7-10,17H,2,5-6,11-16,18-19H2,(H,35,36). The van der Waals surface area contributed by atoms with Crippen LogP contribution in [0, 0.1) is 5.82 Å². The van der Waals surface area contributed by atoms with Crippen molar-refractivity contribution in [2.45, 2.75) is 25.8 Å². The van der Waals surface area contributed by atoms with Crippen molar-refractivity contribution in [3.8, 4) is 11.3 Å². The largest absolute Gasteiger partial charge is 0.478 e. The number of pyridine rings is 1. The molecule has 2 fully saturated rings. The average Bonchev–Trinajstić information content (AvgIpc) is 2.88. The number of piperazine rings is 1. The van der Waals surface area contributed by atoms with E-state index in [2.05, 4.69) is 4.90 Å². The van der Waals surface area contributed by atoms with Crippen LogP contribution in [0.25, 0.3) is 22.2 Å². The second-order valence-corrected chi connectivity index (χ2v) is 9.64. The number of fused-ring (bicyclic) bond motifs is 1. The van der Waals surface area contributed by atoms with Crippen LogP contribution in [-0.2, 0) is 11.3 Å². The fourth-order valence-electron chi connectivity index (χ4n) is 5.31. The number of carboxylic acids is 1. The molecule has 2 aliphatic rings. The van der Waals surface area contributed by atoms with Crippen LogP contribution in [0.4, 0.5) is 4.39 Å². The molecular formula is C28H31FN4O3. The molecule has 5 rings (SSSR count). The molecule has 1 aromatic heterocycles. The molecule has 0 atom stereocenters. The summed E-state index contributed by atoms with van der Waals surface area (Å²) in [6.07, 6.45) is 3.73. The van der Waals surface area contributed by atoms with Gasteiger partial charge in [-0.3, -0.25) is 9.69 Å². The van der Waals surface area contributed by atoms with Crippen LogP contribution in [0.1, 0.15) is 35.2 Å². The van der Waals surface area contributed by atoms with Crippen LogP contribution in [0.5, 0.6) is 0 Å². The van der Waals surface area contributed by atoms with Gasteiger partial charge in [0.25, 0.3) is 0 Å². The average molecular weight is 491 g/mol. The highest BCUT2D eigenvalue weighted by atomic mass is 19.1. The number of benzene rings is 2. The van der Waals surface area contributed by atoms with Crippen molar-refractivity contribution in [1.82, 2.24) is 19.7 Å². The molecule has 3 heterocycles. The summed E-state index contributed by atoms with van der Waals surface area (Å²) in [6, 6.07) is 13.4. The number of rotatable bonds is 7. The smallest absolute Gasteiger partial charge is 0.336 e. The molecule has 0 bridgehead atoms. The van der Waals surface area contributed by atoms with E-state index >= 15 is 0 Å². The van der Waals surface area contributed by atoms with Crippen molar-refractivity contribution >= 4 is 22.8 Å². The van der Waals surface area contributed by atoms with Gasteiger partial charge in [0.1, 0.15) is 5.82 Å². The maximum atomic E-state index is 14.1. The summed E-state index contributed by atoms with van der Waals surface area (Å²) >= 11 is 0. The molecule has 0 saturated carbocycles. The van der Waals surface area contributed by atoms with Crippen molar-refractivity contribution in [2.75, 3.05) is 45.8 Å². The lowest BCUT2D eigenvalue weighted by atomic mass is 9.96. The minimum Gasteiger partial charge on any atom is -0.478 e. The summed E-state index contributed by atoms with van der Waals surface area (Å²) in [5.74, 6) is -1.59. The zero-order valence-electron chi connectivity index (χ0n) is 20.3. The Kier molecular flexibility index (Phi) is 7.25. The molecular weight excluding hydrogens is 459 g/mol. The van der Waals surface area contributed by atoms with Crippen molar-refractivity contribution in [1.29, 1.82) is 0 Å². The number of nitrogens with zero attached hydrogens (tertiary/aromatic N) is 4. The third-order valence-corrected chi connectivity index (χ3v) is 7.22. The van der Waals surface area contributed by atoms with Crippen LogP contribution in [0.3, 0.4) is 0 Å². The number of piperidine rings is 1. The highest BCUT2D eigenvalue weighted by Gasteiger charge is 2.28. The molecule has 1 amide bonds. The number of hydrogen-bond donors (Lipinski definition) is 1. The van der Waals surface area contributed by atoms with Crippen molar-refractivity contribution in [3.63, 3.8) is 0 Å². The molecule has 0 spiro atoms. The van der Waals surface area contributed by atoms with Gasteiger partial charge in [-0.05, 0) is 44.1 Å².